The van der Waals surface area contributed by atoms with E-state index in [1.54, 1.807) is 0 Å². The number of unbranched alkanes of at least 4 members (excludes halogenated alkanes) is 8. The van der Waals surface area contributed by atoms with Gasteiger partial charge in [-0.3, -0.25) is 0 Å². The van der Waals surface area contributed by atoms with E-state index in [-0.39, 0.29) is 0 Å². The molecule has 0 rings (SSSR count). The van der Waals surface area contributed by atoms with Crippen molar-refractivity contribution in [1.29, 1.82) is 0 Å². The third-order valence-electron chi connectivity index (χ3n) is 2.66. The lowest BCUT2D eigenvalue weighted by Crippen LogP contribution is -1.92. The van der Waals surface area contributed by atoms with Crippen LogP contribution in [0.5, 0.6) is 0 Å². The van der Waals surface area contributed by atoms with Crippen molar-refractivity contribution < 1.29 is 4.74 Å². The summed E-state index contributed by atoms with van der Waals surface area (Å²) in [5, 5.41) is 0. The highest BCUT2D eigenvalue weighted by molar-refractivity contribution is 4.52. The Balaban J connectivity index is 2.81. The quantitative estimate of drug-likeness (QED) is 0.409. The Morgan fingerprint density at radius 1 is 0.733 bits per heavy atom. The van der Waals surface area contributed by atoms with Crippen molar-refractivity contribution in [3.05, 3.63) is 6.61 Å². The first-order chi connectivity index (χ1) is 7.41. The largest absolute Gasteiger partial charge is 0.376 e. The zero-order valence-electron chi connectivity index (χ0n) is 10.8. The molecule has 0 aliphatic rings. The predicted molar refractivity (Wildman–Crippen MR) is 67.8 cm³/mol. The van der Waals surface area contributed by atoms with Crippen molar-refractivity contribution in [3.8, 4) is 0 Å². The molecule has 15 heavy (non-hydrogen) atoms. The van der Waals surface area contributed by atoms with E-state index in [2.05, 4.69) is 13.8 Å². The van der Waals surface area contributed by atoms with Gasteiger partial charge in [0.1, 0.15) is 0 Å². The third-order valence-corrected chi connectivity index (χ3v) is 2.66. The van der Waals surface area contributed by atoms with Gasteiger partial charge in [-0.1, -0.05) is 65.2 Å². The Morgan fingerprint density at radius 3 is 2.00 bits per heavy atom. The van der Waals surface area contributed by atoms with Crippen molar-refractivity contribution in [1.82, 2.24) is 0 Å². The summed E-state index contributed by atoms with van der Waals surface area (Å²) in [5.74, 6) is 0. The summed E-state index contributed by atoms with van der Waals surface area (Å²) in [6.07, 6.45) is 13.1. The van der Waals surface area contributed by atoms with Gasteiger partial charge in [0.25, 0.3) is 0 Å². The van der Waals surface area contributed by atoms with Crippen LogP contribution in [0.4, 0.5) is 0 Å². The summed E-state index contributed by atoms with van der Waals surface area (Å²) >= 11 is 0. The lowest BCUT2D eigenvalue weighted by atomic mass is 10.1. The van der Waals surface area contributed by atoms with Crippen LogP contribution in [0.1, 0.15) is 78.1 Å². The van der Waals surface area contributed by atoms with Crippen LogP contribution in [-0.4, -0.2) is 6.61 Å². The maximum Gasteiger partial charge on any atom is 0.0836 e. The zero-order valence-corrected chi connectivity index (χ0v) is 10.8. The Labute approximate surface area is 96.6 Å². The molecule has 0 spiro atoms. The van der Waals surface area contributed by atoms with Crippen molar-refractivity contribution in [2.75, 3.05) is 6.61 Å². The number of hydrogen-bond donors (Lipinski definition) is 0. The summed E-state index contributed by atoms with van der Waals surface area (Å²) in [6, 6.07) is 0. The summed E-state index contributed by atoms with van der Waals surface area (Å²) in [4.78, 5) is 0. The van der Waals surface area contributed by atoms with Gasteiger partial charge in [-0.25, -0.2) is 0 Å². The molecule has 0 aliphatic carbocycles. The summed E-state index contributed by atoms with van der Waals surface area (Å²) in [6.45, 7) is 7.43. The highest BCUT2D eigenvalue weighted by Crippen LogP contribution is 2.07. The minimum absolute atomic E-state index is 0.926. The molecule has 0 fully saturated rings. The van der Waals surface area contributed by atoms with Gasteiger partial charge in [0, 0.05) is 6.61 Å². The van der Waals surface area contributed by atoms with Crippen LogP contribution in [0.3, 0.4) is 0 Å². The van der Waals surface area contributed by atoms with Gasteiger partial charge in [-0.15, -0.1) is 0 Å². The molecule has 0 aliphatic heterocycles. The monoisotopic (exact) mass is 213 g/mol. The molecular formula is C14H29O. The normalized spacial score (nSPS) is 10.8. The van der Waals surface area contributed by atoms with Crippen LogP contribution in [-0.2, 0) is 4.74 Å². The van der Waals surface area contributed by atoms with Gasteiger partial charge < -0.3 is 4.74 Å². The molecule has 0 aromatic heterocycles. The molecule has 0 aromatic carbocycles. The first-order valence-electron chi connectivity index (χ1n) is 6.85. The van der Waals surface area contributed by atoms with Gasteiger partial charge in [-0.2, -0.15) is 0 Å². The average Bonchev–Trinajstić information content (AvgIpc) is 2.26. The fourth-order valence-corrected chi connectivity index (χ4v) is 1.61. The second-order valence-electron chi connectivity index (χ2n) is 4.30. The minimum atomic E-state index is 0.926. The van der Waals surface area contributed by atoms with Crippen molar-refractivity contribution >= 4 is 0 Å². The van der Waals surface area contributed by atoms with Gasteiger partial charge in [-0.05, 0) is 12.8 Å². The lowest BCUT2D eigenvalue weighted by molar-refractivity contribution is 0.184. The van der Waals surface area contributed by atoms with Gasteiger partial charge in [0.2, 0.25) is 0 Å². The Morgan fingerprint density at radius 2 is 1.33 bits per heavy atom. The van der Waals surface area contributed by atoms with Crippen LogP contribution < -0.4 is 0 Å². The molecule has 0 N–H and O–H groups in total. The van der Waals surface area contributed by atoms with Crippen molar-refractivity contribution in [2.24, 2.45) is 0 Å². The molecule has 0 heterocycles. The van der Waals surface area contributed by atoms with Gasteiger partial charge in [0.05, 0.1) is 6.61 Å². The van der Waals surface area contributed by atoms with Crippen LogP contribution in [0.15, 0.2) is 0 Å². The predicted octanol–water partition coefficient (Wildman–Crippen LogP) is 5.11. The van der Waals surface area contributed by atoms with E-state index < -0.39 is 0 Å². The molecule has 0 saturated heterocycles. The second-order valence-corrected chi connectivity index (χ2v) is 4.30. The Hall–Kier alpha value is -0.0400. The fraction of sp³-hybridized carbons (Fsp3) is 0.929. The van der Waals surface area contributed by atoms with Gasteiger partial charge in [0.15, 0.2) is 0 Å². The van der Waals surface area contributed by atoms with E-state index in [9.17, 15) is 0 Å². The van der Waals surface area contributed by atoms with E-state index in [1.165, 1.54) is 57.8 Å². The van der Waals surface area contributed by atoms with Crippen molar-refractivity contribution in [3.63, 3.8) is 0 Å². The third kappa shape index (κ3) is 14.0. The Kier molecular flexibility index (Phi) is 13.9. The van der Waals surface area contributed by atoms with E-state index in [0.717, 1.165) is 13.0 Å². The number of rotatable bonds is 12. The average molecular weight is 213 g/mol. The van der Waals surface area contributed by atoms with Crippen LogP contribution in [0.2, 0.25) is 0 Å². The highest BCUT2D eigenvalue weighted by Gasteiger charge is 1.92. The van der Waals surface area contributed by atoms with Crippen molar-refractivity contribution in [2.45, 2.75) is 78.1 Å². The maximum absolute atomic E-state index is 5.46. The molecular weight excluding hydrogens is 184 g/mol. The second kappa shape index (κ2) is 14.0. The topological polar surface area (TPSA) is 9.23 Å². The number of ether oxygens (including phenoxy) is 1. The van der Waals surface area contributed by atoms with Crippen LogP contribution in [0, 0.1) is 6.61 Å². The van der Waals surface area contributed by atoms with E-state index >= 15 is 0 Å². The minimum Gasteiger partial charge on any atom is -0.376 e. The molecule has 0 amide bonds. The molecule has 0 atom stereocenters. The van der Waals surface area contributed by atoms with E-state index in [4.69, 9.17) is 4.74 Å². The summed E-state index contributed by atoms with van der Waals surface area (Å²) in [5.41, 5.74) is 0. The maximum atomic E-state index is 5.46. The highest BCUT2D eigenvalue weighted by atomic mass is 16.5. The standard InChI is InChI=1S/C14H29O/c1-3-5-7-9-10-12-14-15-13-11-8-6-4-2/h14H,3-13H2,1-2H3. The molecule has 0 aromatic rings. The first kappa shape index (κ1) is 15.0. The van der Waals surface area contributed by atoms with E-state index in [0.29, 0.717) is 0 Å². The Bertz CT molecular complexity index is 89.5. The molecule has 91 valence electrons. The molecule has 1 heteroatoms. The summed E-state index contributed by atoms with van der Waals surface area (Å²) < 4.78 is 5.46. The SMILES string of the molecule is CCCCCCC[CH]OCCCCCC. The van der Waals surface area contributed by atoms with Crippen LogP contribution >= 0.6 is 0 Å². The fourth-order valence-electron chi connectivity index (χ4n) is 1.61. The molecule has 0 saturated carbocycles. The molecule has 1 radical (unpaired) electrons. The smallest absolute Gasteiger partial charge is 0.0836 e. The van der Waals surface area contributed by atoms with Gasteiger partial charge >= 0.3 is 0 Å². The molecule has 1 nitrogen and oxygen atoms in total. The van der Waals surface area contributed by atoms with E-state index in [1.807, 2.05) is 6.61 Å². The summed E-state index contributed by atoms with van der Waals surface area (Å²) in [7, 11) is 0. The molecule has 0 unspecified atom stereocenters. The zero-order chi connectivity index (χ0) is 11.2. The molecule has 0 bridgehead atoms. The van der Waals surface area contributed by atoms with Crippen LogP contribution in [0.25, 0.3) is 0 Å². The number of hydrogen-bond acceptors (Lipinski definition) is 1. The lowest BCUT2D eigenvalue weighted by Gasteiger charge is -2.03. The first-order valence-corrected chi connectivity index (χ1v) is 6.85.